The molecule has 6 heteroatoms. The van der Waals surface area contributed by atoms with Gasteiger partial charge in [0.15, 0.2) is 0 Å². The Labute approximate surface area is 112 Å². The number of rotatable bonds is 5. The highest BCUT2D eigenvalue weighted by molar-refractivity contribution is 5.91. The van der Waals surface area contributed by atoms with Crippen LogP contribution in [0.5, 0.6) is 0 Å². The Bertz CT molecular complexity index is 399. The highest BCUT2D eigenvalue weighted by Gasteiger charge is 2.39. The van der Waals surface area contributed by atoms with Crippen LogP contribution in [0.25, 0.3) is 0 Å². The van der Waals surface area contributed by atoms with Gasteiger partial charge in [-0.05, 0) is 12.0 Å². The average Bonchev–Trinajstić information content (AvgIpc) is 2.25. The third kappa shape index (κ3) is 3.13. The summed E-state index contributed by atoms with van der Waals surface area (Å²) in [5.74, 6) is -1.92. The Morgan fingerprint density at radius 3 is 2.26 bits per heavy atom. The van der Waals surface area contributed by atoms with Gasteiger partial charge in [0, 0.05) is 20.1 Å². The third-order valence-electron chi connectivity index (χ3n) is 3.37. The maximum atomic E-state index is 12.1. The summed E-state index contributed by atoms with van der Waals surface area (Å²) in [4.78, 5) is 37.3. The summed E-state index contributed by atoms with van der Waals surface area (Å²) >= 11 is 0. The fourth-order valence-electron chi connectivity index (χ4n) is 2.27. The lowest BCUT2D eigenvalue weighted by atomic mass is 9.95. The quantitative estimate of drug-likeness (QED) is 0.722. The maximum Gasteiger partial charge on any atom is 0.326 e. The first-order valence-electron chi connectivity index (χ1n) is 6.20. The van der Waals surface area contributed by atoms with Gasteiger partial charge in [-0.2, -0.15) is 0 Å². The van der Waals surface area contributed by atoms with Crippen LogP contribution in [-0.2, 0) is 14.4 Å². The smallest absolute Gasteiger partial charge is 0.326 e. The van der Waals surface area contributed by atoms with Crippen molar-refractivity contribution in [3.05, 3.63) is 12.7 Å². The summed E-state index contributed by atoms with van der Waals surface area (Å²) in [7, 11) is 1.50. The Morgan fingerprint density at radius 2 is 1.89 bits per heavy atom. The molecule has 0 bridgehead atoms. The van der Waals surface area contributed by atoms with E-state index in [0.717, 1.165) is 0 Å². The summed E-state index contributed by atoms with van der Waals surface area (Å²) in [6.45, 7) is 7.56. The van der Waals surface area contributed by atoms with Gasteiger partial charge in [-0.1, -0.05) is 20.4 Å². The molecule has 0 aromatic rings. The molecule has 1 saturated heterocycles. The van der Waals surface area contributed by atoms with Crippen LogP contribution in [0.4, 0.5) is 0 Å². The van der Waals surface area contributed by atoms with E-state index >= 15 is 0 Å². The van der Waals surface area contributed by atoms with E-state index in [2.05, 4.69) is 6.58 Å². The lowest BCUT2D eigenvalue weighted by Gasteiger charge is -2.40. The molecule has 0 saturated carbocycles. The predicted octanol–water partition coefficient (Wildman–Crippen LogP) is 0.198. The van der Waals surface area contributed by atoms with Crippen LogP contribution in [0.15, 0.2) is 12.7 Å². The van der Waals surface area contributed by atoms with Crippen molar-refractivity contribution in [2.75, 3.05) is 20.1 Å². The molecule has 1 N–H and O–H groups in total. The van der Waals surface area contributed by atoms with E-state index in [1.54, 1.807) is 13.8 Å². The van der Waals surface area contributed by atoms with Gasteiger partial charge in [0.25, 0.3) is 0 Å². The minimum absolute atomic E-state index is 0.169. The molecule has 0 unspecified atom stereocenters. The fourth-order valence-corrected chi connectivity index (χ4v) is 2.27. The van der Waals surface area contributed by atoms with E-state index in [0.29, 0.717) is 13.1 Å². The molecular formula is C13H20N2O4. The number of carboxylic acids is 1. The van der Waals surface area contributed by atoms with Crippen molar-refractivity contribution >= 4 is 17.8 Å². The van der Waals surface area contributed by atoms with Crippen molar-refractivity contribution in [3.8, 4) is 0 Å². The van der Waals surface area contributed by atoms with Crippen molar-refractivity contribution in [1.82, 2.24) is 9.80 Å². The monoisotopic (exact) mass is 268 g/mol. The van der Waals surface area contributed by atoms with Gasteiger partial charge in [-0.15, -0.1) is 0 Å². The standard InChI is InChI=1S/C13H20N2O4/c1-5-10(16)15-6-9(7-15)12(17)14(4)11(8(2)3)13(18)19/h5,8-9,11H,1,6-7H2,2-4H3,(H,18,19)/t11-/m0/s1. The molecule has 106 valence electrons. The molecule has 19 heavy (non-hydrogen) atoms. The number of carbonyl (C=O) groups is 3. The summed E-state index contributed by atoms with van der Waals surface area (Å²) in [5.41, 5.74) is 0. The van der Waals surface area contributed by atoms with Crippen molar-refractivity contribution < 1.29 is 19.5 Å². The van der Waals surface area contributed by atoms with Gasteiger partial charge in [-0.25, -0.2) is 4.79 Å². The van der Waals surface area contributed by atoms with E-state index in [1.807, 2.05) is 0 Å². The second kappa shape index (κ2) is 5.86. The zero-order valence-electron chi connectivity index (χ0n) is 11.5. The minimum atomic E-state index is -1.01. The summed E-state index contributed by atoms with van der Waals surface area (Å²) in [6.07, 6.45) is 1.21. The summed E-state index contributed by atoms with van der Waals surface area (Å²) < 4.78 is 0. The lowest BCUT2D eigenvalue weighted by Crippen LogP contribution is -2.58. The highest BCUT2D eigenvalue weighted by atomic mass is 16.4. The van der Waals surface area contributed by atoms with Crippen LogP contribution in [0, 0.1) is 11.8 Å². The molecule has 0 aromatic carbocycles. The van der Waals surface area contributed by atoms with E-state index < -0.39 is 12.0 Å². The SMILES string of the molecule is C=CC(=O)N1CC(C(=O)N(C)[C@H](C(=O)O)C(C)C)C1. The zero-order valence-corrected chi connectivity index (χ0v) is 11.5. The van der Waals surface area contributed by atoms with Gasteiger partial charge in [-0.3, -0.25) is 9.59 Å². The molecule has 0 aliphatic carbocycles. The molecule has 1 aliphatic rings. The van der Waals surface area contributed by atoms with Gasteiger partial charge in [0.05, 0.1) is 5.92 Å². The number of aliphatic carboxylic acids is 1. The zero-order chi connectivity index (χ0) is 14.7. The Balaban J connectivity index is 2.62. The van der Waals surface area contributed by atoms with Crippen molar-refractivity contribution in [1.29, 1.82) is 0 Å². The molecule has 1 aliphatic heterocycles. The van der Waals surface area contributed by atoms with Gasteiger partial charge in [0.2, 0.25) is 11.8 Å². The number of likely N-dealkylation sites (N-methyl/N-ethyl adjacent to an activating group) is 1. The molecule has 0 radical (unpaired) electrons. The largest absolute Gasteiger partial charge is 0.480 e. The minimum Gasteiger partial charge on any atom is -0.480 e. The number of carboxylic acid groups (broad SMARTS) is 1. The maximum absolute atomic E-state index is 12.1. The van der Waals surface area contributed by atoms with Crippen LogP contribution in [-0.4, -0.2) is 58.9 Å². The number of nitrogens with zero attached hydrogens (tertiary/aromatic N) is 2. The lowest BCUT2D eigenvalue weighted by molar-refractivity contribution is -0.156. The molecule has 0 spiro atoms. The number of hydrogen-bond donors (Lipinski definition) is 1. The molecule has 6 nitrogen and oxygen atoms in total. The van der Waals surface area contributed by atoms with Crippen LogP contribution in [0.3, 0.4) is 0 Å². The van der Waals surface area contributed by atoms with Crippen LogP contribution < -0.4 is 0 Å². The Morgan fingerprint density at radius 1 is 1.37 bits per heavy atom. The van der Waals surface area contributed by atoms with E-state index in [4.69, 9.17) is 5.11 Å². The Kier molecular flexibility index (Phi) is 4.69. The molecule has 1 heterocycles. The number of carbonyl (C=O) groups excluding carboxylic acids is 2. The van der Waals surface area contributed by atoms with Gasteiger partial charge in [0.1, 0.15) is 6.04 Å². The molecule has 1 atom stereocenters. The van der Waals surface area contributed by atoms with Crippen molar-refractivity contribution in [3.63, 3.8) is 0 Å². The predicted molar refractivity (Wildman–Crippen MR) is 69.3 cm³/mol. The van der Waals surface area contributed by atoms with Crippen LogP contribution in [0.1, 0.15) is 13.8 Å². The second-order valence-electron chi connectivity index (χ2n) is 5.12. The number of hydrogen-bond acceptors (Lipinski definition) is 3. The summed E-state index contributed by atoms with van der Waals surface area (Å²) in [5, 5.41) is 9.14. The first kappa shape index (κ1) is 15.2. The molecule has 1 fully saturated rings. The topological polar surface area (TPSA) is 77.9 Å². The van der Waals surface area contributed by atoms with E-state index in [1.165, 1.54) is 22.9 Å². The average molecular weight is 268 g/mol. The number of amides is 2. The molecule has 1 rings (SSSR count). The Hall–Kier alpha value is -1.85. The molecular weight excluding hydrogens is 248 g/mol. The molecule has 2 amide bonds. The van der Waals surface area contributed by atoms with Crippen LogP contribution >= 0.6 is 0 Å². The van der Waals surface area contributed by atoms with Crippen LogP contribution in [0.2, 0.25) is 0 Å². The summed E-state index contributed by atoms with van der Waals surface area (Å²) in [6, 6.07) is -0.836. The van der Waals surface area contributed by atoms with Gasteiger partial charge >= 0.3 is 5.97 Å². The highest BCUT2D eigenvalue weighted by Crippen LogP contribution is 2.21. The van der Waals surface area contributed by atoms with Gasteiger partial charge < -0.3 is 14.9 Å². The first-order valence-corrected chi connectivity index (χ1v) is 6.20. The van der Waals surface area contributed by atoms with Crippen molar-refractivity contribution in [2.24, 2.45) is 11.8 Å². The fraction of sp³-hybridized carbons (Fsp3) is 0.615. The first-order chi connectivity index (χ1) is 8.79. The normalized spacial score (nSPS) is 16.7. The number of likely N-dealkylation sites (tertiary alicyclic amines) is 1. The third-order valence-corrected chi connectivity index (χ3v) is 3.37. The van der Waals surface area contributed by atoms with E-state index in [9.17, 15) is 14.4 Å². The van der Waals surface area contributed by atoms with E-state index in [-0.39, 0.29) is 23.7 Å². The van der Waals surface area contributed by atoms with Crippen molar-refractivity contribution in [2.45, 2.75) is 19.9 Å². The second-order valence-corrected chi connectivity index (χ2v) is 5.12. The molecule has 0 aromatic heterocycles.